The van der Waals surface area contributed by atoms with Crippen LogP contribution in [-0.2, 0) is 11.3 Å². The quantitative estimate of drug-likeness (QED) is 0.820. The first-order valence-corrected chi connectivity index (χ1v) is 9.47. The molecule has 27 heavy (non-hydrogen) atoms. The number of amides is 2. The second-order valence-corrected chi connectivity index (χ2v) is 7.09. The molecule has 2 fully saturated rings. The summed E-state index contributed by atoms with van der Waals surface area (Å²) in [6, 6.07) is 7.03. The van der Waals surface area contributed by atoms with Crippen molar-refractivity contribution in [3.63, 3.8) is 0 Å². The molecule has 2 aromatic heterocycles. The minimum absolute atomic E-state index is 0.0657. The largest absolute Gasteiger partial charge is 0.459 e. The first-order valence-electron chi connectivity index (χ1n) is 9.47. The van der Waals surface area contributed by atoms with Crippen LogP contribution in [0.15, 0.2) is 47.3 Å². The Balaban J connectivity index is 1.34. The number of aromatic nitrogens is 1. The zero-order valence-corrected chi connectivity index (χ0v) is 15.3. The van der Waals surface area contributed by atoms with E-state index in [2.05, 4.69) is 9.88 Å². The van der Waals surface area contributed by atoms with Gasteiger partial charge in [-0.25, -0.2) is 0 Å². The Kier molecular flexibility index (Phi) is 5.20. The normalized spacial score (nSPS) is 20.8. The summed E-state index contributed by atoms with van der Waals surface area (Å²) < 4.78 is 5.22. The van der Waals surface area contributed by atoms with Crippen molar-refractivity contribution in [2.75, 3.05) is 32.7 Å². The van der Waals surface area contributed by atoms with E-state index in [0.717, 1.165) is 32.5 Å². The number of hydrogen-bond donors (Lipinski definition) is 0. The molecule has 1 unspecified atom stereocenters. The molecule has 0 spiro atoms. The van der Waals surface area contributed by atoms with E-state index in [1.807, 2.05) is 17.0 Å². The predicted octanol–water partition coefficient (Wildman–Crippen LogP) is 1.62. The van der Waals surface area contributed by atoms with Crippen LogP contribution in [0.5, 0.6) is 0 Å². The molecule has 2 saturated heterocycles. The second-order valence-electron chi connectivity index (χ2n) is 7.09. The van der Waals surface area contributed by atoms with E-state index < -0.39 is 0 Å². The van der Waals surface area contributed by atoms with Gasteiger partial charge < -0.3 is 14.2 Å². The fourth-order valence-corrected chi connectivity index (χ4v) is 3.89. The summed E-state index contributed by atoms with van der Waals surface area (Å²) >= 11 is 0. The molecule has 2 aliphatic rings. The Morgan fingerprint density at radius 3 is 2.56 bits per heavy atom. The number of hydrogen-bond acceptors (Lipinski definition) is 5. The van der Waals surface area contributed by atoms with Crippen LogP contribution in [0.3, 0.4) is 0 Å². The van der Waals surface area contributed by atoms with E-state index in [9.17, 15) is 9.59 Å². The molecule has 0 N–H and O–H groups in total. The zero-order chi connectivity index (χ0) is 18.6. The van der Waals surface area contributed by atoms with Crippen LogP contribution in [0.2, 0.25) is 0 Å². The van der Waals surface area contributed by atoms with Crippen LogP contribution in [0.1, 0.15) is 29.0 Å². The minimum atomic E-state index is -0.366. The van der Waals surface area contributed by atoms with Gasteiger partial charge in [-0.2, -0.15) is 0 Å². The maximum absolute atomic E-state index is 13.0. The number of likely N-dealkylation sites (tertiary alicyclic amines) is 1. The Hall–Kier alpha value is -2.67. The number of furan rings is 1. The molecule has 4 heterocycles. The fraction of sp³-hybridized carbons (Fsp3) is 0.450. The van der Waals surface area contributed by atoms with Gasteiger partial charge in [-0.05, 0) is 42.7 Å². The molecule has 0 radical (unpaired) electrons. The highest BCUT2D eigenvalue weighted by molar-refractivity contribution is 5.96. The van der Waals surface area contributed by atoms with Gasteiger partial charge in [0.05, 0.1) is 6.26 Å². The highest BCUT2D eigenvalue weighted by atomic mass is 16.3. The summed E-state index contributed by atoms with van der Waals surface area (Å²) in [5.41, 5.74) is 1.23. The number of piperazine rings is 1. The molecule has 2 aliphatic heterocycles. The third-order valence-electron chi connectivity index (χ3n) is 5.37. The van der Waals surface area contributed by atoms with Crippen molar-refractivity contribution >= 4 is 11.8 Å². The molecule has 2 aromatic rings. The fourth-order valence-electron chi connectivity index (χ4n) is 3.89. The number of nitrogens with zero attached hydrogens (tertiary/aromatic N) is 4. The van der Waals surface area contributed by atoms with E-state index in [1.54, 1.807) is 29.4 Å². The second kappa shape index (κ2) is 7.92. The minimum Gasteiger partial charge on any atom is -0.459 e. The highest BCUT2D eigenvalue weighted by Crippen LogP contribution is 2.23. The molecule has 7 nitrogen and oxygen atoms in total. The van der Waals surface area contributed by atoms with Gasteiger partial charge in [-0.1, -0.05) is 0 Å². The number of carbonyl (C=O) groups is 2. The first kappa shape index (κ1) is 17.7. The summed E-state index contributed by atoms with van der Waals surface area (Å²) in [6.45, 7) is 4.56. The summed E-state index contributed by atoms with van der Waals surface area (Å²) in [5, 5.41) is 0. The van der Waals surface area contributed by atoms with Gasteiger partial charge in [0.1, 0.15) is 6.04 Å². The van der Waals surface area contributed by atoms with Gasteiger partial charge in [0.2, 0.25) is 5.91 Å². The van der Waals surface area contributed by atoms with Crippen molar-refractivity contribution in [3.8, 4) is 0 Å². The van der Waals surface area contributed by atoms with E-state index in [0.29, 0.717) is 25.4 Å². The average Bonchev–Trinajstić information content (AvgIpc) is 3.40. The van der Waals surface area contributed by atoms with Gasteiger partial charge in [-0.15, -0.1) is 0 Å². The Labute approximate surface area is 158 Å². The van der Waals surface area contributed by atoms with E-state index in [-0.39, 0.29) is 17.9 Å². The lowest BCUT2D eigenvalue weighted by Crippen LogP contribution is -2.54. The smallest absolute Gasteiger partial charge is 0.290 e. The lowest BCUT2D eigenvalue weighted by atomic mass is 10.1. The monoisotopic (exact) mass is 368 g/mol. The van der Waals surface area contributed by atoms with Crippen LogP contribution in [0, 0.1) is 0 Å². The van der Waals surface area contributed by atoms with Crippen molar-refractivity contribution in [2.24, 2.45) is 0 Å². The van der Waals surface area contributed by atoms with E-state index in [1.165, 1.54) is 11.8 Å². The number of rotatable bonds is 4. The molecule has 142 valence electrons. The summed E-state index contributed by atoms with van der Waals surface area (Å²) in [6.07, 6.45) is 6.68. The van der Waals surface area contributed by atoms with E-state index in [4.69, 9.17) is 4.42 Å². The molecular weight excluding hydrogens is 344 g/mol. The first-order chi connectivity index (χ1) is 13.2. The highest BCUT2D eigenvalue weighted by Gasteiger charge is 2.38. The SMILES string of the molecule is O=C(C1CCCN1C(=O)c1ccco1)N1CCN(Cc2ccncc2)CC1. The van der Waals surface area contributed by atoms with Crippen molar-refractivity contribution in [1.29, 1.82) is 0 Å². The molecule has 0 aromatic carbocycles. The van der Waals surface area contributed by atoms with Gasteiger partial charge in [0.15, 0.2) is 5.76 Å². The summed E-state index contributed by atoms with van der Waals surface area (Å²) in [5.74, 6) is 0.181. The Bertz CT molecular complexity index is 770. The van der Waals surface area contributed by atoms with Gasteiger partial charge in [-0.3, -0.25) is 19.5 Å². The summed E-state index contributed by atoms with van der Waals surface area (Å²) in [7, 11) is 0. The van der Waals surface area contributed by atoms with Crippen LogP contribution in [0.25, 0.3) is 0 Å². The molecule has 7 heteroatoms. The zero-order valence-electron chi connectivity index (χ0n) is 15.3. The van der Waals surface area contributed by atoms with Crippen molar-refractivity contribution in [1.82, 2.24) is 19.7 Å². The lowest BCUT2D eigenvalue weighted by molar-refractivity contribution is -0.137. The Morgan fingerprint density at radius 2 is 1.85 bits per heavy atom. The molecule has 2 amide bonds. The van der Waals surface area contributed by atoms with E-state index >= 15 is 0 Å². The van der Waals surface area contributed by atoms with Gasteiger partial charge in [0.25, 0.3) is 5.91 Å². The topological polar surface area (TPSA) is 69.9 Å². The number of pyridine rings is 1. The molecule has 0 aliphatic carbocycles. The number of carbonyl (C=O) groups excluding carboxylic acids is 2. The van der Waals surface area contributed by atoms with Crippen molar-refractivity contribution in [3.05, 3.63) is 54.2 Å². The van der Waals surface area contributed by atoms with Crippen LogP contribution in [-0.4, -0.2) is 70.3 Å². The average molecular weight is 368 g/mol. The standard InChI is InChI=1S/C20H24N4O3/c25-19(17-3-1-9-24(17)20(26)18-4-2-14-27-18)23-12-10-22(11-13-23)15-16-5-7-21-8-6-16/h2,4-8,14,17H,1,3,9-13,15H2. The van der Waals surface area contributed by atoms with Crippen LogP contribution >= 0.6 is 0 Å². The molecule has 4 rings (SSSR count). The molecular formula is C20H24N4O3. The third-order valence-corrected chi connectivity index (χ3v) is 5.37. The van der Waals surface area contributed by atoms with Crippen LogP contribution in [0.4, 0.5) is 0 Å². The summed E-state index contributed by atoms with van der Waals surface area (Å²) in [4.78, 5) is 35.6. The molecule has 0 bridgehead atoms. The molecule has 0 saturated carbocycles. The van der Waals surface area contributed by atoms with Gasteiger partial charge >= 0.3 is 0 Å². The van der Waals surface area contributed by atoms with Crippen LogP contribution < -0.4 is 0 Å². The Morgan fingerprint density at radius 1 is 1.07 bits per heavy atom. The van der Waals surface area contributed by atoms with Gasteiger partial charge in [0, 0.05) is 51.7 Å². The van der Waals surface area contributed by atoms with Crippen molar-refractivity contribution in [2.45, 2.75) is 25.4 Å². The predicted molar refractivity (Wildman–Crippen MR) is 98.9 cm³/mol. The third kappa shape index (κ3) is 3.88. The molecule has 1 atom stereocenters. The maximum atomic E-state index is 13.0. The maximum Gasteiger partial charge on any atom is 0.290 e. The lowest BCUT2D eigenvalue weighted by Gasteiger charge is -2.37. The van der Waals surface area contributed by atoms with Crippen molar-refractivity contribution < 1.29 is 14.0 Å².